The highest BCUT2D eigenvalue weighted by atomic mass is 19.1. The number of hydrogen-bond donors (Lipinski definition) is 2. The van der Waals surface area contributed by atoms with Crippen molar-refractivity contribution >= 4 is 22.8 Å². The predicted molar refractivity (Wildman–Crippen MR) is 159 cm³/mol. The number of nitrogens with one attached hydrogen (secondary N) is 2. The van der Waals surface area contributed by atoms with Crippen LogP contribution in [-0.2, 0) is 5.54 Å². The SMILES string of the molecule is CNC(=O)c1c(-c2ccc(F)cc2)oc2ccc(-c3cc(C(=O)NC4(c5cccc(C)n5)CC4)c(OC)cc3C)c(F)c12. The first kappa shape index (κ1) is 28.1. The van der Waals surface area contributed by atoms with Crippen molar-refractivity contribution in [3.05, 3.63) is 106 Å². The number of halogens is 2. The number of pyridine rings is 1. The Morgan fingerprint density at radius 3 is 2.35 bits per heavy atom. The lowest BCUT2D eigenvalue weighted by molar-refractivity contribution is 0.0925. The number of furan rings is 1. The number of aromatic nitrogens is 1. The monoisotopic (exact) mass is 581 g/mol. The highest BCUT2D eigenvalue weighted by Gasteiger charge is 2.47. The summed E-state index contributed by atoms with van der Waals surface area (Å²) in [5.41, 5.74) is 3.20. The molecule has 1 aliphatic carbocycles. The van der Waals surface area contributed by atoms with E-state index in [1.54, 1.807) is 31.2 Å². The molecule has 1 aliphatic rings. The number of ether oxygens (including phenoxy) is 1. The topological polar surface area (TPSA) is 93.5 Å². The summed E-state index contributed by atoms with van der Waals surface area (Å²) in [6.45, 7) is 3.70. The third-order valence-corrected chi connectivity index (χ3v) is 7.92. The van der Waals surface area contributed by atoms with Crippen molar-refractivity contribution in [3.63, 3.8) is 0 Å². The number of nitrogens with zero attached hydrogens (tertiary/aromatic N) is 1. The van der Waals surface area contributed by atoms with Gasteiger partial charge >= 0.3 is 0 Å². The molecule has 6 rings (SSSR count). The number of amides is 2. The van der Waals surface area contributed by atoms with Crippen molar-refractivity contribution in [2.24, 2.45) is 0 Å². The van der Waals surface area contributed by atoms with Crippen LogP contribution in [0.2, 0.25) is 0 Å². The predicted octanol–water partition coefficient (Wildman–Crippen LogP) is 6.84. The Kier molecular flexibility index (Phi) is 6.96. The molecule has 9 heteroatoms. The Morgan fingerprint density at radius 2 is 1.70 bits per heavy atom. The molecule has 5 aromatic rings. The average Bonchev–Trinajstić information content (AvgIpc) is 3.68. The molecule has 0 radical (unpaired) electrons. The third-order valence-electron chi connectivity index (χ3n) is 7.92. The molecule has 0 bridgehead atoms. The highest BCUT2D eigenvalue weighted by Crippen LogP contribution is 2.45. The number of carbonyl (C=O) groups excluding carboxylic acids is 2. The van der Waals surface area contributed by atoms with Gasteiger partial charge in [-0.05, 0) is 98.5 Å². The van der Waals surface area contributed by atoms with Gasteiger partial charge in [-0.3, -0.25) is 14.6 Å². The van der Waals surface area contributed by atoms with E-state index in [0.717, 1.165) is 24.2 Å². The van der Waals surface area contributed by atoms with Gasteiger partial charge in [0.05, 0.1) is 34.9 Å². The minimum atomic E-state index is -0.685. The largest absolute Gasteiger partial charge is 0.496 e. The maximum atomic E-state index is 16.5. The van der Waals surface area contributed by atoms with Gasteiger partial charge in [-0.25, -0.2) is 8.78 Å². The van der Waals surface area contributed by atoms with E-state index in [2.05, 4.69) is 15.6 Å². The lowest BCUT2D eigenvalue weighted by Crippen LogP contribution is -2.35. The van der Waals surface area contributed by atoms with Crippen LogP contribution in [-0.4, -0.2) is 31.0 Å². The fraction of sp³-hybridized carbons (Fsp3) is 0.206. The highest BCUT2D eigenvalue weighted by molar-refractivity contribution is 6.12. The maximum absolute atomic E-state index is 16.5. The van der Waals surface area contributed by atoms with Gasteiger partial charge in [0.2, 0.25) is 0 Å². The summed E-state index contributed by atoms with van der Waals surface area (Å²) in [7, 11) is 2.92. The molecule has 1 saturated carbocycles. The fourth-order valence-corrected chi connectivity index (χ4v) is 5.49. The summed E-state index contributed by atoms with van der Waals surface area (Å²) in [5.74, 6) is -1.59. The first-order valence-electron chi connectivity index (χ1n) is 13.8. The molecule has 2 aromatic heterocycles. The zero-order chi connectivity index (χ0) is 30.5. The second kappa shape index (κ2) is 10.7. The Balaban J connectivity index is 1.46. The standard InChI is InChI=1S/C34H29F2N3O4/c1-18-16-26(42-4)24(32(40)39-34(14-15-34)27-7-5-6-19(2)38-27)17-23(18)22-12-13-25-28(30(22)36)29(33(41)37-3)31(43-25)20-8-10-21(35)11-9-20/h5-13,16-17H,14-15H2,1-4H3,(H,37,41)(H,39,40). The van der Waals surface area contributed by atoms with Crippen LogP contribution in [0, 0.1) is 25.5 Å². The van der Waals surface area contributed by atoms with Crippen LogP contribution in [0.25, 0.3) is 33.4 Å². The molecule has 7 nitrogen and oxygen atoms in total. The van der Waals surface area contributed by atoms with Crippen LogP contribution < -0.4 is 15.4 Å². The summed E-state index contributed by atoms with van der Waals surface area (Å²) in [6.07, 6.45) is 1.50. The van der Waals surface area contributed by atoms with Crippen molar-refractivity contribution in [1.29, 1.82) is 0 Å². The van der Waals surface area contributed by atoms with Gasteiger partial charge < -0.3 is 19.8 Å². The van der Waals surface area contributed by atoms with E-state index in [0.29, 0.717) is 22.4 Å². The number of aryl methyl sites for hydroxylation is 2. The number of carbonyl (C=O) groups is 2. The summed E-state index contributed by atoms with van der Waals surface area (Å²) in [5, 5.41) is 5.67. The normalized spacial score (nSPS) is 13.5. The van der Waals surface area contributed by atoms with Gasteiger partial charge in [0.25, 0.3) is 11.8 Å². The van der Waals surface area contributed by atoms with E-state index in [1.807, 2.05) is 25.1 Å². The van der Waals surface area contributed by atoms with Crippen molar-refractivity contribution in [2.75, 3.05) is 14.2 Å². The average molecular weight is 582 g/mol. The van der Waals surface area contributed by atoms with Gasteiger partial charge in [-0.15, -0.1) is 0 Å². The van der Waals surface area contributed by atoms with Gasteiger partial charge in [0, 0.05) is 23.9 Å². The third kappa shape index (κ3) is 4.90. The maximum Gasteiger partial charge on any atom is 0.255 e. The van der Waals surface area contributed by atoms with Crippen molar-refractivity contribution in [2.45, 2.75) is 32.2 Å². The fourth-order valence-electron chi connectivity index (χ4n) is 5.49. The van der Waals surface area contributed by atoms with Crippen LogP contribution in [0.1, 0.15) is 50.5 Å². The second-order valence-electron chi connectivity index (χ2n) is 10.8. The molecule has 2 amide bonds. The van der Waals surface area contributed by atoms with E-state index in [1.165, 1.54) is 38.4 Å². The van der Waals surface area contributed by atoms with Gasteiger partial charge in [0.1, 0.15) is 28.7 Å². The molecule has 0 aliphatic heterocycles. The molecular weight excluding hydrogens is 552 g/mol. The van der Waals surface area contributed by atoms with Crippen LogP contribution in [0.4, 0.5) is 8.78 Å². The van der Waals surface area contributed by atoms with Crippen LogP contribution >= 0.6 is 0 Å². The lowest BCUT2D eigenvalue weighted by Gasteiger charge is -2.20. The minimum absolute atomic E-state index is 0.00563. The number of hydrogen-bond acceptors (Lipinski definition) is 5. The van der Waals surface area contributed by atoms with E-state index in [-0.39, 0.29) is 39.3 Å². The van der Waals surface area contributed by atoms with Gasteiger partial charge in [-0.2, -0.15) is 0 Å². The molecule has 2 N–H and O–H groups in total. The zero-order valence-corrected chi connectivity index (χ0v) is 24.1. The number of methoxy groups -OCH3 is 1. The lowest BCUT2D eigenvalue weighted by atomic mass is 9.94. The Morgan fingerprint density at radius 1 is 0.953 bits per heavy atom. The first-order chi connectivity index (χ1) is 20.7. The summed E-state index contributed by atoms with van der Waals surface area (Å²) >= 11 is 0. The van der Waals surface area contributed by atoms with E-state index < -0.39 is 23.1 Å². The summed E-state index contributed by atoms with van der Waals surface area (Å²) in [6, 6.07) is 17.6. The molecule has 3 aromatic carbocycles. The second-order valence-corrected chi connectivity index (χ2v) is 10.8. The summed E-state index contributed by atoms with van der Waals surface area (Å²) < 4.78 is 41.6. The van der Waals surface area contributed by atoms with Crippen LogP contribution in [0.3, 0.4) is 0 Å². The van der Waals surface area contributed by atoms with Crippen LogP contribution in [0.15, 0.2) is 71.1 Å². The molecule has 0 atom stereocenters. The number of benzene rings is 3. The van der Waals surface area contributed by atoms with E-state index >= 15 is 4.39 Å². The van der Waals surface area contributed by atoms with E-state index in [9.17, 15) is 14.0 Å². The van der Waals surface area contributed by atoms with Gasteiger partial charge in [0.15, 0.2) is 0 Å². The Bertz CT molecular complexity index is 1910. The zero-order valence-electron chi connectivity index (χ0n) is 24.1. The number of fused-ring (bicyclic) bond motifs is 1. The molecule has 2 heterocycles. The molecule has 43 heavy (non-hydrogen) atoms. The van der Waals surface area contributed by atoms with Gasteiger partial charge in [-0.1, -0.05) is 6.07 Å². The molecular formula is C34H29F2N3O4. The quantitative estimate of drug-likeness (QED) is 0.219. The molecule has 0 unspecified atom stereocenters. The summed E-state index contributed by atoms with van der Waals surface area (Å²) in [4.78, 5) is 31.3. The van der Waals surface area contributed by atoms with Crippen molar-refractivity contribution in [1.82, 2.24) is 15.6 Å². The number of rotatable bonds is 7. The minimum Gasteiger partial charge on any atom is -0.496 e. The molecule has 0 spiro atoms. The van der Waals surface area contributed by atoms with Crippen LogP contribution in [0.5, 0.6) is 5.75 Å². The Hall–Kier alpha value is -5.05. The molecule has 1 fully saturated rings. The first-order valence-corrected chi connectivity index (χ1v) is 13.8. The molecule has 0 saturated heterocycles. The van der Waals surface area contributed by atoms with Crippen molar-refractivity contribution < 1.29 is 27.5 Å². The van der Waals surface area contributed by atoms with Crippen molar-refractivity contribution in [3.8, 4) is 28.2 Å². The Labute approximate surface area is 246 Å². The smallest absolute Gasteiger partial charge is 0.255 e. The van der Waals surface area contributed by atoms with E-state index in [4.69, 9.17) is 9.15 Å². The molecule has 218 valence electrons.